The Balaban J connectivity index is 1.92. The van der Waals surface area contributed by atoms with Gasteiger partial charge in [-0.15, -0.1) is 0 Å². The van der Waals surface area contributed by atoms with Crippen LogP contribution >= 0.6 is 0 Å². The molecule has 2 heteroatoms. The fraction of sp³-hybridized carbons (Fsp3) is 0.667. The van der Waals surface area contributed by atoms with Crippen molar-refractivity contribution < 1.29 is 4.42 Å². The van der Waals surface area contributed by atoms with Gasteiger partial charge in [-0.1, -0.05) is 12.8 Å². The molecule has 0 bridgehead atoms. The summed E-state index contributed by atoms with van der Waals surface area (Å²) in [6.07, 6.45) is 8.37. The molecule has 1 heterocycles. The van der Waals surface area contributed by atoms with E-state index < -0.39 is 0 Å². The molecule has 0 saturated heterocycles. The highest BCUT2D eigenvalue weighted by molar-refractivity contribution is 5.01. The Kier molecular flexibility index (Phi) is 3.25. The zero-order valence-corrected chi connectivity index (χ0v) is 8.83. The molecule has 1 atom stereocenters. The monoisotopic (exact) mass is 193 g/mol. The van der Waals surface area contributed by atoms with E-state index in [2.05, 4.69) is 18.4 Å². The van der Waals surface area contributed by atoms with Gasteiger partial charge in [0.05, 0.1) is 6.26 Å². The lowest BCUT2D eigenvalue weighted by atomic mass is 9.95. The Labute approximate surface area is 85.7 Å². The van der Waals surface area contributed by atoms with E-state index in [0.29, 0.717) is 6.04 Å². The van der Waals surface area contributed by atoms with Crippen molar-refractivity contribution in [2.75, 3.05) is 7.05 Å². The highest BCUT2D eigenvalue weighted by Crippen LogP contribution is 2.29. The number of rotatable bonds is 4. The first-order valence-electron chi connectivity index (χ1n) is 5.60. The second kappa shape index (κ2) is 4.65. The first kappa shape index (κ1) is 9.78. The van der Waals surface area contributed by atoms with E-state index in [1.54, 1.807) is 6.26 Å². The summed E-state index contributed by atoms with van der Waals surface area (Å²) >= 11 is 0. The summed E-state index contributed by atoms with van der Waals surface area (Å²) in [5.41, 5.74) is 0. The van der Waals surface area contributed by atoms with Gasteiger partial charge in [-0.2, -0.15) is 0 Å². The van der Waals surface area contributed by atoms with Crippen LogP contribution in [0.15, 0.2) is 22.8 Å². The molecule has 1 saturated carbocycles. The van der Waals surface area contributed by atoms with Crippen molar-refractivity contribution in [2.24, 2.45) is 5.92 Å². The average Bonchev–Trinajstić information content (AvgIpc) is 2.86. The fourth-order valence-corrected chi connectivity index (χ4v) is 2.51. The molecule has 1 N–H and O–H groups in total. The quantitative estimate of drug-likeness (QED) is 0.795. The topological polar surface area (TPSA) is 25.2 Å². The lowest BCUT2D eigenvalue weighted by Crippen LogP contribution is -2.34. The fourth-order valence-electron chi connectivity index (χ4n) is 2.51. The molecular formula is C12H19NO. The van der Waals surface area contributed by atoms with Crippen LogP contribution in [0.1, 0.15) is 31.4 Å². The van der Waals surface area contributed by atoms with Gasteiger partial charge < -0.3 is 9.73 Å². The summed E-state index contributed by atoms with van der Waals surface area (Å²) in [6, 6.07) is 4.64. The predicted molar refractivity (Wildman–Crippen MR) is 57.2 cm³/mol. The van der Waals surface area contributed by atoms with Crippen molar-refractivity contribution in [2.45, 2.75) is 38.1 Å². The van der Waals surface area contributed by atoms with Crippen molar-refractivity contribution in [3.05, 3.63) is 24.2 Å². The van der Waals surface area contributed by atoms with E-state index in [4.69, 9.17) is 4.42 Å². The highest BCUT2D eigenvalue weighted by atomic mass is 16.3. The SMILES string of the molecule is CNC(Cc1ccco1)C1CCCC1. The molecule has 0 spiro atoms. The van der Waals surface area contributed by atoms with E-state index in [-0.39, 0.29) is 0 Å². The molecule has 78 valence electrons. The lowest BCUT2D eigenvalue weighted by Gasteiger charge is -2.21. The molecule has 0 radical (unpaired) electrons. The Hall–Kier alpha value is -0.760. The molecule has 0 aromatic carbocycles. The van der Waals surface area contributed by atoms with Crippen LogP contribution < -0.4 is 5.32 Å². The largest absolute Gasteiger partial charge is 0.469 e. The minimum absolute atomic E-state index is 0.601. The van der Waals surface area contributed by atoms with Crippen molar-refractivity contribution in [3.8, 4) is 0 Å². The Morgan fingerprint density at radius 2 is 2.29 bits per heavy atom. The van der Waals surface area contributed by atoms with E-state index >= 15 is 0 Å². The number of furan rings is 1. The number of hydrogen-bond donors (Lipinski definition) is 1. The van der Waals surface area contributed by atoms with Crippen LogP contribution in [-0.4, -0.2) is 13.1 Å². The molecule has 1 aliphatic carbocycles. The number of nitrogens with one attached hydrogen (secondary N) is 1. The second-order valence-corrected chi connectivity index (χ2v) is 4.22. The molecule has 14 heavy (non-hydrogen) atoms. The molecule has 1 aromatic heterocycles. The third kappa shape index (κ3) is 2.18. The molecule has 0 aliphatic heterocycles. The highest BCUT2D eigenvalue weighted by Gasteiger charge is 2.24. The van der Waals surface area contributed by atoms with Crippen LogP contribution in [0, 0.1) is 5.92 Å². The molecule has 1 aliphatic rings. The van der Waals surface area contributed by atoms with Gasteiger partial charge in [-0.05, 0) is 37.9 Å². The van der Waals surface area contributed by atoms with Crippen molar-refractivity contribution in [3.63, 3.8) is 0 Å². The summed E-state index contributed by atoms with van der Waals surface area (Å²) in [4.78, 5) is 0. The van der Waals surface area contributed by atoms with Crippen LogP contribution in [0.4, 0.5) is 0 Å². The maximum Gasteiger partial charge on any atom is 0.105 e. The molecule has 1 fully saturated rings. The van der Waals surface area contributed by atoms with Crippen LogP contribution in [-0.2, 0) is 6.42 Å². The van der Waals surface area contributed by atoms with Crippen LogP contribution in [0.25, 0.3) is 0 Å². The van der Waals surface area contributed by atoms with Crippen LogP contribution in [0.3, 0.4) is 0 Å². The Morgan fingerprint density at radius 1 is 1.50 bits per heavy atom. The van der Waals surface area contributed by atoms with E-state index in [9.17, 15) is 0 Å². The van der Waals surface area contributed by atoms with Crippen molar-refractivity contribution >= 4 is 0 Å². The van der Waals surface area contributed by atoms with Gasteiger partial charge in [0.1, 0.15) is 5.76 Å². The van der Waals surface area contributed by atoms with Gasteiger partial charge in [0.15, 0.2) is 0 Å². The molecule has 0 amide bonds. The third-order valence-corrected chi connectivity index (χ3v) is 3.34. The van der Waals surface area contributed by atoms with Gasteiger partial charge in [-0.3, -0.25) is 0 Å². The maximum atomic E-state index is 5.39. The summed E-state index contributed by atoms with van der Waals surface area (Å²) in [5, 5.41) is 3.42. The summed E-state index contributed by atoms with van der Waals surface area (Å²) in [7, 11) is 2.06. The molecular weight excluding hydrogens is 174 g/mol. The molecule has 1 aromatic rings. The average molecular weight is 193 g/mol. The van der Waals surface area contributed by atoms with Gasteiger partial charge in [-0.25, -0.2) is 0 Å². The predicted octanol–water partition coefficient (Wildman–Crippen LogP) is 2.60. The zero-order chi connectivity index (χ0) is 9.80. The molecule has 1 unspecified atom stereocenters. The normalized spacial score (nSPS) is 20.1. The first-order chi connectivity index (χ1) is 6.90. The number of hydrogen-bond acceptors (Lipinski definition) is 2. The summed E-state index contributed by atoms with van der Waals surface area (Å²) in [5.74, 6) is 1.96. The standard InChI is InChI=1S/C12H19NO/c1-13-12(10-5-2-3-6-10)9-11-7-4-8-14-11/h4,7-8,10,12-13H,2-3,5-6,9H2,1H3. The van der Waals surface area contributed by atoms with E-state index in [0.717, 1.165) is 18.1 Å². The Morgan fingerprint density at radius 3 is 2.86 bits per heavy atom. The first-order valence-corrected chi connectivity index (χ1v) is 5.60. The van der Waals surface area contributed by atoms with Gasteiger partial charge in [0.25, 0.3) is 0 Å². The minimum atomic E-state index is 0.601. The van der Waals surface area contributed by atoms with Gasteiger partial charge in [0.2, 0.25) is 0 Å². The Bertz CT molecular complexity index is 249. The smallest absolute Gasteiger partial charge is 0.105 e. The van der Waals surface area contributed by atoms with E-state index in [1.807, 2.05) is 6.07 Å². The second-order valence-electron chi connectivity index (χ2n) is 4.22. The van der Waals surface area contributed by atoms with Gasteiger partial charge >= 0.3 is 0 Å². The van der Waals surface area contributed by atoms with Crippen LogP contribution in [0.2, 0.25) is 0 Å². The maximum absolute atomic E-state index is 5.39. The summed E-state index contributed by atoms with van der Waals surface area (Å²) in [6.45, 7) is 0. The third-order valence-electron chi connectivity index (χ3n) is 3.34. The molecule has 2 nitrogen and oxygen atoms in total. The lowest BCUT2D eigenvalue weighted by molar-refractivity contribution is 0.352. The van der Waals surface area contributed by atoms with Crippen molar-refractivity contribution in [1.82, 2.24) is 5.32 Å². The zero-order valence-electron chi connectivity index (χ0n) is 8.83. The van der Waals surface area contributed by atoms with Crippen molar-refractivity contribution in [1.29, 1.82) is 0 Å². The minimum Gasteiger partial charge on any atom is -0.469 e. The van der Waals surface area contributed by atoms with Crippen LogP contribution in [0.5, 0.6) is 0 Å². The van der Waals surface area contributed by atoms with E-state index in [1.165, 1.54) is 25.7 Å². The molecule has 2 rings (SSSR count). The summed E-state index contributed by atoms with van der Waals surface area (Å²) < 4.78 is 5.39. The number of likely N-dealkylation sites (N-methyl/N-ethyl adjacent to an activating group) is 1. The van der Waals surface area contributed by atoms with Gasteiger partial charge in [0, 0.05) is 12.5 Å².